The number of ketones is 1. The summed E-state index contributed by atoms with van der Waals surface area (Å²) in [7, 11) is 1.61. The largest absolute Gasteiger partial charge is 0.497 e. The number of ether oxygens (including phenoxy) is 1. The molecule has 0 bridgehead atoms. The molecule has 0 fully saturated rings. The van der Waals surface area contributed by atoms with Crippen molar-refractivity contribution >= 4 is 11.5 Å². The highest BCUT2D eigenvalue weighted by molar-refractivity contribution is 5.99. The van der Waals surface area contributed by atoms with Gasteiger partial charge in [0, 0.05) is 11.3 Å². The van der Waals surface area contributed by atoms with Gasteiger partial charge in [0.25, 0.3) is 0 Å². The highest BCUT2D eigenvalue weighted by Gasteiger charge is 2.05. The van der Waals surface area contributed by atoms with E-state index in [4.69, 9.17) is 4.74 Å². The number of Topliss-reactive ketones (excluding diaryl/α,β-unsaturated/α-hetero) is 1. The number of aryl methyl sites for hydroxylation is 1. The molecule has 0 spiro atoms. The van der Waals surface area contributed by atoms with Crippen molar-refractivity contribution in [2.24, 2.45) is 0 Å². The van der Waals surface area contributed by atoms with Gasteiger partial charge in [0.2, 0.25) is 0 Å². The lowest BCUT2D eigenvalue weighted by Gasteiger charge is -2.07. The number of methoxy groups -OCH3 is 1. The van der Waals surface area contributed by atoms with Crippen LogP contribution in [-0.4, -0.2) is 19.4 Å². The van der Waals surface area contributed by atoms with Crippen molar-refractivity contribution in [3.63, 3.8) is 0 Å². The van der Waals surface area contributed by atoms with E-state index < -0.39 is 0 Å². The molecule has 0 aliphatic rings. The van der Waals surface area contributed by atoms with E-state index in [1.165, 1.54) is 5.56 Å². The van der Waals surface area contributed by atoms with Crippen molar-refractivity contribution in [2.75, 3.05) is 19.0 Å². The van der Waals surface area contributed by atoms with Gasteiger partial charge in [0.1, 0.15) is 5.75 Å². The summed E-state index contributed by atoms with van der Waals surface area (Å²) in [4.78, 5) is 12.0. The van der Waals surface area contributed by atoms with Gasteiger partial charge < -0.3 is 10.1 Å². The lowest BCUT2D eigenvalue weighted by Crippen LogP contribution is -2.13. The summed E-state index contributed by atoms with van der Waals surface area (Å²) in [5, 5.41) is 3.13. The molecular formula is C16H17NO2. The number of carbonyl (C=O) groups excluding carboxylic acids is 1. The Balaban J connectivity index is 1.97. The van der Waals surface area contributed by atoms with Crippen LogP contribution in [0.25, 0.3) is 0 Å². The Morgan fingerprint density at radius 3 is 2.53 bits per heavy atom. The van der Waals surface area contributed by atoms with Crippen LogP contribution < -0.4 is 10.1 Å². The first-order valence-corrected chi connectivity index (χ1v) is 6.17. The van der Waals surface area contributed by atoms with Gasteiger partial charge in [-0.25, -0.2) is 0 Å². The molecule has 0 saturated carbocycles. The van der Waals surface area contributed by atoms with Crippen LogP contribution in [0.3, 0.4) is 0 Å². The maximum Gasteiger partial charge on any atom is 0.181 e. The van der Waals surface area contributed by atoms with E-state index in [0.717, 1.165) is 11.4 Å². The van der Waals surface area contributed by atoms with Crippen molar-refractivity contribution < 1.29 is 9.53 Å². The molecule has 2 rings (SSSR count). The number of hydrogen-bond acceptors (Lipinski definition) is 3. The fraction of sp³-hybridized carbons (Fsp3) is 0.188. The van der Waals surface area contributed by atoms with Gasteiger partial charge >= 0.3 is 0 Å². The zero-order chi connectivity index (χ0) is 13.7. The first kappa shape index (κ1) is 13.1. The summed E-state index contributed by atoms with van der Waals surface area (Å²) >= 11 is 0. The maximum atomic E-state index is 12.0. The minimum absolute atomic E-state index is 0.0594. The van der Waals surface area contributed by atoms with E-state index in [0.29, 0.717) is 5.56 Å². The van der Waals surface area contributed by atoms with Crippen LogP contribution in [-0.2, 0) is 0 Å². The third kappa shape index (κ3) is 3.58. The molecule has 0 aromatic heterocycles. The Bertz CT molecular complexity index is 561. The Kier molecular flexibility index (Phi) is 4.18. The van der Waals surface area contributed by atoms with Crippen molar-refractivity contribution in [1.29, 1.82) is 0 Å². The average molecular weight is 255 g/mol. The van der Waals surface area contributed by atoms with Crippen LogP contribution in [0.1, 0.15) is 15.9 Å². The summed E-state index contributed by atoms with van der Waals surface area (Å²) in [6, 6.07) is 15.1. The molecule has 0 amide bonds. The van der Waals surface area contributed by atoms with Crippen LogP contribution in [0.5, 0.6) is 5.75 Å². The second-order valence-corrected chi connectivity index (χ2v) is 4.37. The SMILES string of the molecule is COc1ccc(C(=O)CNc2cccc(C)c2)cc1. The zero-order valence-corrected chi connectivity index (χ0v) is 11.1. The second-order valence-electron chi connectivity index (χ2n) is 4.37. The summed E-state index contributed by atoms with van der Waals surface area (Å²) < 4.78 is 5.06. The first-order chi connectivity index (χ1) is 9.19. The van der Waals surface area contributed by atoms with Gasteiger partial charge in [-0.3, -0.25) is 4.79 Å². The monoisotopic (exact) mass is 255 g/mol. The highest BCUT2D eigenvalue weighted by Crippen LogP contribution is 2.13. The van der Waals surface area contributed by atoms with E-state index in [-0.39, 0.29) is 12.3 Å². The van der Waals surface area contributed by atoms with Crippen LogP contribution in [0, 0.1) is 6.92 Å². The molecule has 2 aromatic rings. The minimum Gasteiger partial charge on any atom is -0.497 e. The Morgan fingerprint density at radius 1 is 1.16 bits per heavy atom. The number of hydrogen-bond donors (Lipinski definition) is 1. The fourth-order valence-corrected chi connectivity index (χ4v) is 1.82. The van der Waals surface area contributed by atoms with E-state index >= 15 is 0 Å². The van der Waals surface area contributed by atoms with Crippen molar-refractivity contribution in [3.05, 3.63) is 59.7 Å². The molecule has 0 aliphatic heterocycles. The highest BCUT2D eigenvalue weighted by atomic mass is 16.5. The number of carbonyl (C=O) groups is 1. The number of nitrogens with one attached hydrogen (secondary N) is 1. The van der Waals surface area contributed by atoms with E-state index in [1.807, 2.05) is 31.2 Å². The van der Waals surface area contributed by atoms with Crippen LogP contribution in [0.2, 0.25) is 0 Å². The van der Waals surface area contributed by atoms with Crippen molar-refractivity contribution in [3.8, 4) is 5.75 Å². The lowest BCUT2D eigenvalue weighted by molar-refractivity contribution is 0.101. The van der Waals surface area contributed by atoms with Gasteiger partial charge in [-0.2, -0.15) is 0 Å². The first-order valence-electron chi connectivity index (χ1n) is 6.17. The Morgan fingerprint density at radius 2 is 1.89 bits per heavy atom. The molecule has 1 N–H and O–H groups in total. The molecule has 0 heterocycles. The minimum atomic E-state index is 0.0594. The fourth-order valence-electron chi connectivity index (χ4n) is 1.82. The summed E-state index contributed by atoms with van der Waals surface area (Å²) in [5.74, 6) is 0.812. The molecule has 3 nitrogen and oxygen atoms in total. The van der Waals surface area contributed by atoms with Crippen LogP contribution in [0.15, 0.2) is 48.5 Å². The Labute approximate surface area is 113 Å². The molecule has 0 aliphatic carbocycles. The Hall–Kier alpha value is -2.29. The summed E-state index contributed by atoms with van der Waals surface area (Å²) in [6.07, 6.45) is 0. The molecule has 0 saturated heterocycles. The van der Waals surface area contributed by atoms with Gasteiger partial charge in [-0.05, 0) is 48.9 Å². The topological polar surface area (TPSA) is 38.3 Å². The quantitative estimate of drug-likeness (QED) is 0.833. The smallest absolute Gasteiger partial charge is 0.181 e. The summed E-state index contributed by atoms with van der Waals surface area (Å²) in [5.41, 5.74) is 2.81. The van der Waals surface area contributed by atoms with Gasteiger partial charge in [0.05, 0.1) is 13.7 Å². The standard InChI is InChI=1S/C16H17NO2/c1-12-4-3-5-14(10-12)17-11-16(18)13-6-8-15(19-2)9-7-13/h3-10,17H,11H2,1-2H3. The molecular weight excluding hydrogens is 238 g/mol. The molecule has 0 unspecified atom stereocenters. The van der Waals surface area contributed by atoms with Crippen LogP contribution >= 0.6 is 0 Å². The molecule has 2 aromatic carbocycles. The van der Waals surface area contributed by atoms with Gasteiger partial charge in [-0.1, -0.05) is 12.1 Å². The third-order valence-corrected chi connectivity index (χ3v) is 2.88. The maximum absolute atomic E-state index is 12.0. The van der Waals surface area contributed by atoms with Gasteiger partial charge in [0.15, 0.2) is 5.78 Å². The van der Waals surface area contributed by atoms with E-state index in [2.05, 4.69) is 5.32 Å². The molecule has 19 heavy (non-hydrogen) atoms. The normalized spacial score (nSPS) is 10.0. The number of anilines is 1. The zero-order valence-electron chi connectivity index (χ0n) is 11.1. The third-order valence-electron chi connectivity index (χ3n) is 2.88. The van der Waals surface area contributed by atoms with Crippen molar-refractivity contribution in [1.82, 2.24) is 0 Å². The molecule has 98 valence electrons. The summed E-state index contributed by atoms with van der Waals surface area (Å²) in [6.45, 7) is 2.31. The van der Waals surface area contributed by atoms with Crippen LogP contribution in [0.4, 0.5) is 5.69 Å². The second kappa shape index (κ2) is 6.05. The predicted octanol–water partition coefficient (Wildman–Crippen LogP) is 3.30. The average Bonchev–Trinajstić information content (AvgIpc) is 2.45. The van der Waals surface area contributed by atoms with E-state index in [9.17, 15) is 4.79 Å². The number of rotatable bonds is 5. The lowest BCUT2D eigenvalue weighted by atomic mass is 10.1. The number of benzene rings is 2. The molecule has 0 atom stereocenters. The molecule has 3 heteroatoms. The molecule has 0 radical (unpaired) electrons. The van der Waals surface area contributed by atoms with Crippen molar-refractivity contribution in [2.45, 2.75) is 6.92 Å². The van der Waals surface area contributed by atoms with E-state index in [1.54, 1.807) is 31.4 Å². The predicted molar refractivity (Wildman–Crippen MR) is 77.0 cm³/mol. The van der Waals surface area contributed by atoms with Gasteiger partial charge in [-0.15, -0.1) is 0 Å².